The van der Waals surface area contributed by atoms with E-state index in [0.29, 0.717) is 0 Å². The highest BCUT2D eigenvalue weighted by molar-refractivity contribution is 5.11. The van der Waals surface area contributed by atoms with Crippen molar-refractivity contribution >= 4 is 0 Å². The maximum absolute atomic E-state index is 2.52. The van der Waals surface area contributed by atoms with Gasteiger partial charge in [-0.25, -0.2) is 0 Å². The third kappa shape index (κ3) is 0.368. The summed E-state index contributed by atoms with van der Waals surface area (Å²) < 4.78 is 0. The Hall–Kier alpha value is -0.0400. The summed E-state index contributed by atoms with van der Waals surface area (Å²) in [6.07, 6.45) is 2.85. The van der Waals surface area contributed by atoms with E-state index in [1.165, 1.54) is 12.8 Å². The Morgan fingerprint density at radius 2 is 2.38 bits per heavy atom. The average Bonchev–Trinajstić information content (AvgIpc) is 2.44. The van der Waals surface area contributed by atoms with Crippen LogP contribution in [-0.4, -0.2) is 24.0 Å². The van der Waals surface area contributed by atoms with Crippen molar-refractivity contribution in [3.05, 3.63) is 0 Å². The fraction of sp³-hybridized carbons (Fsp3) is 1.00. The summed E-state index contributed by atoms with van der Waals surface area (Å²) in [5.41, 5.74) is 0. The lowest BCUT2D eigenvalue weighted by atomic mass is 10.0. The number of hydrogen-bond donors (Lipinski definition) is 0. The summed E-state index contributed by atoms with van der Waals surface area (Å²) in [6.45, 7) is 2.29. The molecule has 0 aromatic carbocycles. The zero-order valence-electron chi connectivity index (χ0n) is 5.59. The third-order valence-corrected chi connectivity index (χ3v) is 2.76. The van der Waals surface area contributed by atoms with Gasteiger partial charge in [-0.1, -0.05) is 6.92 Å². The molecule has 0 aromatic rings. The van der Waals surface area contributed by atoms with Gasteiger partial charge in [-0.3, -0.25) is 4.90 Å². The van der Waals surface area contributed by atoms with Crippen molar-refractivity contribution in [1.82, 2.24) is 4.90 Å². The zero-order valence-corrected chi connectivity index (χ0v) is 5.59. The topological polar surface area (TPSA) is 3.24 Å². The summed E-state index contributed by atoms with van der Waals surface area (Å²) in [4.78, 5) is 2.52. The summed E-state index contributed by atoms with van der Waals surface area (Å²) in [6, 6.07) is 1.97. The van der Waals surface area contributed by atoms with Crippen molar-refractivity contribution < 1.29 is 0 Å². The maximum Gasteiger partial charge on any atom is 0.0143 e. The first-order chi connectivity index (χ1) is 3.84. The molecule has 2 rings (SSSR count). The molecule has 3 unspecified atom stereocenters. The van der Waals surface area contributed by atoms with Crippen molar-refractivity contribution in [3.63, 3.8) is 0 Å². The molecule has 0 spiro atoms. The van der Waals surface area contributed by atoms with Crippen molar-refractivity contribution in [2.75, 3.05) is 7.05 Å². The number of hydrogen-bond acceptors (Lipinski definition) is 1. The molecule has 1 saturated carbocycles. The van der Waals surface area contributed by atoms with Gasteiger partial charge in [0.1, 0.15) is 0 Å². The van der Waals surface area contributed by atoms with Gasteiger partial charge in [0.25, 0.3) is 0 Å². The normalized spacial score (nSPS) is 52.5. The van der Waals surface area contributed by atoms with Crippen LogP contribution in [0.5, 0.6) is 0 Å². The van der Waals surface area contributed by atoms with Crippen LogP contribution in [0.15, 0.2) is 0 Å². The molecule has 0 amide bonds. The predicted octanol–water partition coefficient (Wildman–Crippen LogP) is 1.10. The van der Waals surface area contributed by atoms with E-state index in [9.17, 15) is 0 Å². The molecule has 46 valence electrons. The van der Waals surface area contributed by atoms with Crippen molar-refractivity contribution in [2.45, 2.75) is 31.8 Å². The van der Waals surface area contributed by atoms with E-state index in [0.717, 1.165) is 18.0 Å². The maximum atomic E-state index is 2.52. The first-order valence-corrected chi connectivity index (χ1v) is 3.56. The van der Waals surface area contributed by atoms with E-state index in [1.807, 2.05) is 0 Å². The minimum atomic E-state index is 0.958. The van der Waals surface area contributed by atoms with Gasteiger partial charge < -0.3 is 0 Å². The Balaban J connectivity index is 1.98. The Bertz CT molecular complexity index is 111. The summed E-state index contributed by atoms with van der Waals surface area (Å²) in [7, 11) is 2.25. The van der Waals surface area contributed by atoms with Crippen LogP contribution in [0, 0.1) is 5.92 Å². The van der Waals surface area contributed by atoms with Crippen LogP contribution in [-0.2, 0) is 0 Å². The minimum absolute atomic E-state index is 0.958. The molecular weight excluding hydrogens is 98.1 g/mol. The number of likely N-dealkylation sites (tertiary alicyclic amines) is 1. The molecule has 2 aliphatic rings. The quantitative estimate of drug-likeness (QED) is 0.489. The first kappa shape index (κ1) is 4.80. The van der Waals surface area contributed by atoms with Gasteiger partial charge in [-0.2, -0.15) is 0 Å². The predicted molar refractivity (Wildman–Crippen MR) is 33.7 cm³/mol. The van der Waals surface area contributed by atoms with E-state index in [-0.39, 0.29) is 0 Å². The molecule has 1 nitrogen and oxygen atoms in total. The second-order valence-electron chi connectivity index (χ2n) is 3.11. The van der Waals surface area contributed by atoms with Gasteiger partial charge in [0, 0.05) is 12.1 Å². The van der Waals surface area contributed by atoms with Gasteiger partial charge in [0.15, 0.2) is 0 Å². The van der Waals surface area contributed by atoms with E-state index in [4.69, 9.17) is 0 Å². The van der Waals surface area contributed by atoms with E-state index >= 15 is 0 Å². The van der Waals surface area contributed by atoms with Crippen molar-refractivity contribution in [1.29, 1.82) is 0 Å². The van der Waals surface area contributed by atoms with Crippen LogP contribution in [0.4, 0.5) is 0 Å². The lowest BCUT2D eigenvalue weighted by Crippen LogP contribution is -2.45. The molecule has 3 atom stereocenters. The van der Waals surface area contributed by atoms with Crippen molar-refractivity contribution in [2.24, 2.45) is 5.92 Å². The number of nitrogens with zero attached hydrogens (tertiary/aromatic N) is 1. The smallest absolute Gasteiger partial charge is 0.0143 e. The molecule has 1 aliphatic carbocycles. The molecule has 1 aliphatic heterocycles. The van der Waals surface area contributed by atoms with Gasteiger partial charge in [-0.05, 0) is 25.8 Å². The second-order valence-corrected chi connectivity index (χ2v) is 3.11. The SMILES string of the molecule is CCC1C2CC2N1C. The van der Waals surface area contributed by atoms with E-state index in [2.05, 4.69) is 18.9 Å². The largest absolute Gasteiger partial charge is 0.300 e. The van der Waals surface area contributed by atoms with E-state index < -0.39 is 0 Å². The van der Waals surface area contributed by atoms with Gasteiger partial charge in [-0.15, -0.1) is 0 Å². The highest BCUT2D eigenvalue weighted by atomic mass is 15.3. The molecule has 8 heavy (non-hydrogen) atoms. The Morgan fingerprint density at radius 1 is 1.62 bits per heavy atom. The fourth-order valence-electron chi connectivity index (χ4n) is 2.12. The van der Waals surface area contributed by atoms with Gasteiger partial charge in [0.05, 0.1) is 0 Å². The van der Waals surface area contributed by atoms with Crippen LogP contribution in [0.2, 0.25) is 0 Å². The fourth-order valence-corrected chi connectivity index (χ4v) is 2.12. The molecular formula is C7H13N. The molecule has 1 heterocycles. The minimum Gasteiger partial charge on any atom is -0.300 e. The Morgan fingerprint density at radius 3 is 2.62 bits per heavy atom. The number of fused-ring (bicyclic) bond motifs is 1. The molecule has 0 bridgehead atoms. The highest BCUT2D eigenvalue weighted by Crippen LogP contribution is 2.51. The van der Waals surface area contributed by atoms with Crippen molar-refractivity contribution in [3.8, 4) is 0 Å². The Labute approximate surface area is 50.7 Å². The molecule has 0 N–H and O–H groups in total. The van der Waals surface area contributed by atoms with Crippen LogP contribution < -0.4 is 0 Å². The molecule has 1 saturated heterocycles. The lowest BCUT2D eigenvalue weighted by molar-refractivity contribution is 0.111. The van der Waals surface area contributed by atoms with Crippen LogP contribution in [0.25, 0.3) is 0 Å². The molecule has 2 fully saturated rings. The van der Waals surface area contributed by atoms with Gasteiger partial charge in [0.2, 0.25) is 0 Å². The highest BCUT2D eigenvalue weighted by Gasteiger charge is 2.56. The van der Waals surface area contributed by atoms with E-state index in [1.54, 1.807) is 0 Å². The number of rotatable bonds is 1. The van der Waals surface area contributed by atoms with Crippen LogP contribution >= 0.6 is 0 Å². The summed E-state index contributed by atoms with van der Waals surface area (Å²) >= 11 is 0. The van der Waals surface area contributed by atoms with Gasteiger partial charge >= 0.3 is 0 Å². The lowest BCUT2D eigenvalue weighted by Gasteiger charge is -2.36. The third-order valence-electron chi connectivity index (χ3n) is 2.76. The summed E-state index contributed by atoms with van der Waals surface area (Å²) in [5, 5.41) is 0. The molecule has 0 aromatic heterocycles. The molecule has 1 heteroatoms. The summed E-state index contributed by atoms with van der Waals surface area (Å²) in [5.74, 6) is 1.12. The van der Waals surface area contributed by atoms with Crippen LogP contribution in [0.1, 0.15) is 19.8 Å². The van der Waals surface area contributed by atoms with Crippen LogP contribution in [0.3, 0.4) is 0 Å². The first-order valence-electron chi connectivity index (χ1n) is 3.56. The Kier molecular flexibility index (Phi) is 0.762. The second kappa shape index (κ2) is 1.27. The zero-order chi connectivity index (χ0) is 5.72. The average molecular weight is 111 g/mol. The monoisotopic (exact) mass is 111 g/mol. The standard InChI is InChI=1S/C7H13N/c1-3-6-5-4-7(5)8(6)2/h5-7H,3-4H2,1-2H3. The molecule has 0 radical (unpaired) electrons.